The molecule has 4 aromatic rings. The summed E-state index contributed by atoms with van der Waals surface area (Å²) in [6.07, 6.45) is 18.1. The lowest BCUT2D eigenvalue weighted by Gasteiger charge is -2.34. The maximum absolute atomic E-state index is 4.07. The first-order valence-corrected chi connectivity index (χ1v) is 22.4. The quantitative estimate of drug-likeness (QED) is 0.172. The first kappa shape index (κ1) is 39.4. The molecule has 5 aliphatic rings. The highest BCUT2D eigenvalue weighted by Crippen LogP contribution is 2.34. The van der Waals surface area contributed by atoms with Crippen LogP contribution in [0, 0.1) is 0 Å². The van der Waals surface area contributed by atoms with Crippen LogP contribution in [-0.4, -0.2) is 136 Å². The van der Waals surface area contributed by atoms with E-state index in [0.29, 0.717) is 0 Å². The first-order chi connectivity index (χ1) is 29.4. The summed E-state index contributed by atoms with van der Waals surface area (Å²) >= 11 is 0. The maximum atomic E-state index is 4.07. The molecule has 0 saturated heterocycles. The van der Waals surface area contributed by atoms with E-state index in [-0.39, 0.29) is 24.7 Å². The molecule has 60 heavy (non-hydrogen) atoms. The van der Waals surface area contributed by atoms with E-state index in [2.05, 4.69) is 213 Å². The van der Waals surface area contributed by atoms with Crippen LogP contribution in [0.25, 0.3) is 22.3 Å². The van der Waals surface area contributed by atoms with Crippen LogP contribution in [0.15, 0.2) is 98.1 Å². The van der Waals surface area contributed by atoms with Crippen molar-refractivity contribution >= 4 is 22.3 Å². The van der Waals surface area contributed by atoms with Gasteiger partial charge in [-0.3, -0.25) is 0 Å². The van der Waals surface area contributed by atoms with Crippen molar-refractivity contribution in [1.82, 2.24) is 59.1 Å². The smallest absolute Gasteiger partial charge is 0.131 e. The summed E-state index contributed by atoms with van der Waals surface area (Å²) in [5, 5.41) is 4.43. The third-order valence-electron chi connectivity index (χ3n) is 13.3. The summed E-state index contributed by atoms with van der Waals surface area (Å²) in [6, 6.07) is 18.5. The van der Waals surface area contributed by atoms with E-state index < -0.39 is 0 Å². The zero-order valence-electron chi connectivity index (χ0n) is 36.8. The van der Waals surface area contributed by atoms with Crippen molar-refractivity contribution in [2.24, 2.45) is 0 Å². The first-order valence-electron chi connectivity index (χ1n) is 22.4. The van der Waals surface area contributed by atoms with E-state index in [0.717, 1.165) is 96.5 Å². The van der Waals surface area contributed by atoms with E-state index in [1.165, 1.54) is 22.3 Å². The summed E-state index contributed by atoms with van der Waals surface area (Å²) < 4.78 is 0. The van der Waals surface area contributed by atoms with Gasteiger partial charge in [0.15, 0.2) is 0 Å². The predicted octanol–water partition coefficient (Wildman–Crippen LogP) is 3.93. The van der Waals surface area contributed by atoms with Crippen LogP contribution < -0.4 is 21.4 Å². The van der Waals surface area contributed by atoms with Crippen molar-refractivity contribution in [2.45, 2.75) is 80.1 Å². The minimum absolute atomic E-state index is 0.0121. The fourth-order valence-corrected chi connectivity index (χ4v) is 10.2. The van der Waals surface area contributed by atoms with Crippen LogP contribution in [0.4, 0.5) is 0 Å². The van der Waals surface area contributed by atoms with E-state index in [4.69, 9.17) is 0 Å². The zero-order valence-corrected chi connectivity index (χ0v) is 36.8. The average Bonchev–Trinajstić information content (AvgIpc) is 4.13. The highest BCUT2D eigenvalue weighted by molar-refractivity contribution is 5.76. The minimum atomic E-state index is 0.0121. The summed E-state index contributed by atoms with van der Waals surface area (Å²) in [4.78, 5) is 35.9. The van der Waals surface area contributed by atoms with E-state index >= 15 is 0 Å². The van der Waals surface area contributed by atoms with Crippen LogP contribution in [0.3, 0.4) is 0 Å². The number of rotatable bonds is 12. The Hall–Kier alpha value is -6.04. The third-order valence-corrected chi connectivity index (χ3v) is 13.3. The number of nitrogens with zero attached hydrogens (tertiary/aromatic N) is 8. The number of H-pyrrole nitrogens is 4. The molecule has 5 aliphatic heterocycles. The second-order valence-electron chi connectivity index (χ2n) is 16.1. The van der Waals surface area contributed by atoms with Gasteiger partial charge in [-0.1, -0.05) is 0 Å². The van der Waals surface area contributed by atoms with Gasteiger partial charge in [0, 0.05) is 168 Å². The Morgan fingerprint density at radius 1 is 0.283 bits per heavy atom. The molecule has 0 amide bonds. The van der Waals surface area contributed by atoms with Crippen molar-refractivity contribution < 1.29 is 0 Å². The molecule has 0 atom stereocenters. The minimum Gasteiger partial charge on any atom is -0.355 e. The van der Waals surface area contributed by atoms with E-state index in [1.807, 2.05) is 0 Å². The Morgan fingerprint density at radius 3 is 0.633 bits per heavy atom. The molecule has 0 saturated carbocycles. The van der Waals surface area contributed by atoms with Gasteiger partial charge in [-0.25, -0.2) is 0 Å². The van der Waals surface area contributed by atoms with Crippen molar-refractivity contribution in [3.63, 3.8) is 0 Å². The van der Waals surface area contributed by atoms with Gasteiger partial charge in [0.05, 0.1) is 0 Å². The SMILES string of the molecule is CCN1C=CN(CC)C1C1=c2ccc([nH]2)=C(C2N(CC)C=CN2CC)c2ccc([nH]2)C(C2N(CC)C=CN2CC)=c2ccc([nH]2)=C(C2N(CC)C=CN2CC)c2ccc1[nH]2. The molecule has 0 spiro atoms. The molecule has 12 nitrogen and oxygen atoms in total. The van der Waals surface area contributed by atoms with Gasteiger partial charge in [0.25, 0.3) is 0 Å². The molecule has 0 aromatic carbocycles. The fraction of sp³-hybridized carbons (Fsp3) is 0.417. The summed E-state index contributed by atoms with van der Waals surface area (Å²) in [6.45, 7) is 25.1. The van der Waals surface area contributed by atoms with Gasteiger partial charge in [-0.2, -0.15) is 0 Å². The van der Waals surface area contributed by atoms with E-state index in [1.54, 1.807) is 0 Å². The highest BCUT2D eigenvalue weighted by Gasteiger charge is 2.36. The maximum Gasteiger partial charge on any atom is 0.131 e. The Labute approximate surface area is 355 Å². The number of nitrogens with one attached hydrogen (secondary N) is 4. The molecule has 9 rings (SSSR count). The van der Waals surface area contributed by atoms with E-state index in [9.17, 15) is 0 Å². The van der Waals surface area contributed by atoms with Crippen LogP contribution in [-0.2, 0) is 0 Å². The highest BCUT2D eigenvalue weighted by atomic mass is 15.4. The Kier molecular flexibility index (Phi) is 10.6. The largest absolute Gasteiger partial charge is 0.355 e. The molecule has 0 unspecified atom stereocenters. The van der Waals surface area contributed by atoms with Crippen LogP contribution >= 0.6 is 0 Å². The Bertz CT molecular complexity index is 2160. The Balaban J connectivity index is 1.40. The molecule has 4 N–H and O–H groups in total. The molecule has 8 bridgehead atoms. The van der Waals surface area contributed by atoms with Crippen molar-refractivity contribution in [1.29, 1.82) is 0 Å². The predicted molar refractivity (Wildman–Crippen MR) is 242 cm³/mol. The summed E-state index contributed by atoms with van der Waals surface area (Å²) in [7, 11) is 0. The number of aromatic nitrogens is 4. The standard InChI is InChI=1S/C48H64N12/c1-9-53-25-26-54(10-2)45(53)41-33-17-19-35(49-33)42(46-55(11-3)27-28-56(46)12-4)37-21-23-39(51-37)44(48-59(15-7)31-32-60(48)16-8)40-24-22-38(52-40)43(36-20-18-34(41)50-36)47-57(13-5)29-30-58(47)14-6/h17-32,45-52H,9-16H2,1-8H3. The average molecular weight is 809 g/mol. The molecule has 0 radical (unpaired) electrons. The lowest BCUT2D eigenvalue weighted by molar-refractivity contribution is 0.216. The monoisotopic (exact) mass is 809 g/mol. The Morgan fingerprint density at radius 2 is 0.467 bits per heavy atom. The van der Waals surface area contributed by atoms with Gasteiger partial charge in [0.2, 0.25) is 0 Å². The molecule has 0 fully saturated rings. The lowest BCUT2D eigenvalue weighted by Crippen LogP contribution is -2.44. The second-order valence-corrected chi connectivity index (χ2v) is 16.1. The molecule has 12 heteroatoms. The molecular formula is C48H64N12. The zero-order chi connectivity index (χ0) is 41.7. The lowest BCUT2D eigenvalue weighted by atomic mass is 10.1. The topological polar surface area (TPSA) is 89.1 Å². The van der Waals surface area contributed by atoms with Gasteiger partial charge < -0.3 is 59.1 Å². The molecule has 4 aromatic heterocycles. The van der Waals surface area contributed by atoms with Crippen LogP contribution in [0.5, 0.6) is 0 Å². The summed E-state index contributed by atoms with van der Waals surface area (Å²) in [5.74, 6) is 0. The molecular weight excluding hydrogens is 745 g/mol. The normalized spacial score (nSPS) is 18.9. The molecule has 0 aliphatic carbocycles. The number of hydrogen-bond donors (Lipinski definition) is 4. The van der Waals surface area contributed by atoms with Crippen LogP contribution in [0.1, 0.15) is 78.2 Å². The van der Waals surface area contributed by atoms with Crippen molar-refractivity contribution in [3.05, 3.63) is 142 Å². The van der Waals surface area contributed by atoms with Crippen molar-refractivity contribution in [3.8, 4) is 0 Å². The van der Waals surface area contributed by atoms with Gasteiger partial charge in [0.1, 0.15) is 24.7 Å². The number of likely N-dealkylation sites (N-methyl/N-ethyl adjacent to an activating group) is 8. The molecule has 9 heterocycles. The second kappa shape index (κ2) is 16.2. The number of fused-ring (bicyclic) bond motifs is 8. The fourth-order valence-electron chi connectivity index (χ4n) is 10.2. The van der Waals surface area contributed by atoms with Crippen molar-refractivity contribution in [2.75, 3.05) is 52.4 Å². The van der Waals surface area contributed by atoms with Crippen LogP contribution in [0.2, 0.25) is 0 Å². The number of aromatic amines is 4. The number of hydrogen-bond acceptors (Lipinski definition) is 8. The third kappa shape index (κ3) is 6.33. The van der Waals surface area contributed by atoms with Gasteiger partial charge in [-0.05, 0) is 104 Å². The van der Waals surface area contributed by atoms with Gasteiger partial charge in [-0.15, -0.1) is 0 Å². The van der Waals surface area contributed by atoms with Gasteiger partial charge >= 0.3 is 0 Å². The summed E-state index contributed by atoms with van der Waals surface area (Å²) in [5.41, 5.74) is 9.33. The molecule has 316 valence electrons.